The van der Waals surface area contributed by atoms with Crippen molar-refractivity contribution >= 4 is 12.2 Å². The minimum absolute atomic E-state index is 0.573. The van der Waals surface area contributed by atoms with Crippen molar-refractivity contribution in [2.45, 2.75) is 33.1 Å². The van der Waals surface area contributed by atoms with Crippen LogP contribution < -0.4 is 0 Å². The van der Waals surface area contributed by atoms with Crippen LogP contribution in [-0.4, -0.2) is 0 Å². The maximum Gasteiger partial charge on any atom is 0.0265 e. The molecule has 0 N–H and O–H groups in total. The average Bonchev–Trinajstić information content (AvgIpc) is 2.86. The van der Waals surface area contributed by atoms with Crippen molar-refractivity contribution in [2.75, 3.05) is 0 Å². The molecule has 1 aliphatic rings. The van der Waals surface area contributed by atoms with Gasteiger partial charge >= 0.3 is 0 Å². The molecule has 98 valence electrons. The molecule has 1 aliphatic carbocycles. The van der Waals surface area contributed by atoms with Crippen molar-refractivity contribution in [3.8, 4) is 11.8 Å². The van der Waals surface area contributed by atoms with Gasteiger partial charge in [-0.2, -0.15) is 0 Å². The highest BCUT2D eigenvalue weighted by atomic mass is 14.3. The lowest BCUT2D eigenvalue weighted by molar-refractivity contribution is 0.578. The van der Waals surface area contributed by atoms with Crippen molar-refractivity contribution in [3.05, 3.63) is 47.5 Å². The predicted octanol–water partition coefficient (Wildman–Crippen LogP) is 5.17. The van der Waals surface area contributed by atoms with Gasteiger partial charge in [-0.25, -0.2) is 0 Å². The van der Waals surface area contributed by atoms with E-state index in [0.29, 0.717) is 11.8 Å². The van der Waals surface area contributed by atoms with Crippen LogP contribution in [0.2, 0.25) is 0 Å². The lowest BCUT2D eigenvalue weighted by Crippen LogP contribution is -2.01. The summed E-state index contributed by atoms with van der Waals surface area (Å²) in [4.78, 5) is 0. The van der Waals surface area contributed by atoms with Crippen LogP contribution in [0.4, 0.5) is 0 Å². The lowest BCUT2D eigenvalue weighted by atomic mass is 9.95. The molecule has 2 atom stereocenters. The smallest absolute Gasteiger partial charge is 0.0265 e. The van der Waals surface area contributed by atoms with Gasteiger partial charge in [0.1, 0.15) is 0 Å². The normalized spacial score (nSPS) is 22.8. The fraction of sp³-hybridized carbons (Fsp3) is 0.368. The summed E-state index contributed by atoms with van der Waals surface area (Å²) in [6.07, 6.45) is 12.7. The highest BCUT2D eigenvalue weighted by Gasteiger charge is 2.22. The molecule has 0 aliphatic heterocycles. The van der Waals surface area contributed by atoms with E-state index in [1.165, 1.54) is 30.4 Å². The topological polar surface area (TPSA) is 0 Å². The Bertz CT molecular complexity index is 505. The molecule has 0 radical (unpaired) electrons. The van der Waals surface area contributed by atoms with Crippen LogP contribution in [0.3, 0.4) is 0 Å². The number of hydrogen-bond acceptors (Lipinski definition) is 0. The quantitative estimate of drug-likeness (QED) is 0.649. The molecular formula is C19H22. The lowest BCUT2D eigenvalue weighted by Gasteiger charge is -2.08. The molecule has 19 heavy (non-hydrogen) atoms. The Kier molecular flexibility index (Phi) is 5.04. The Morgan fingerprint density at radius 1 is 1.05 bits per heavy atom. The van der Waals surface area contributed by atoms with Crippen molar-refractivity contribution in [2.24, 2.45) is 11.8 Å². The maximum absolute atomic E-state index is 3.35. The van der Waals surface area contributed by atoms with Crippen LogP contribution in [0.1, 0.15) is 44.2 Å². The molecule has 1 aromatic rings. The van der Waals surface area contributed by atoms with Crippen LogP contribution in [0, 0.1) is 23.7 Å². The van der Waals surface area contributed by atoms with Crippen LogP contribution in [0.15, 0.2) is 36.4 Å². The summed E-state index contributed by atoms with van der Waals surface area (Å²) < 4.78 is 0. The third kappa shape index (κ3) is 3.86. The second-order valence-electron chi connectivity index (χ2n) is 5.12. The molecule has 2 unspecified atom stereocenters. The fourth-order valence-corrected chi connectivity index (χ4v) is 2.73. The first-order valence-corrected chi connectivity index (χ1v) is 7.16. The zero-order chi connectivity index (χ0) is 13.5. The third-order valence-corrected chi connectivity index (χ3v) is 3.73. The number of hydrogen-bond donors (Lipinski definition) is 0. The molecule has 0 heteroatoms. The summed E-state index contributed by atoms with van der Waals surface area (Å²) in [5.41, 5.74) is 2.54. The van der Waals surface area contributed by atoms with Crippen molar-refractivity contribution in [1.29, 1.82) is 0 Å². The summed E-state index contributed by atoms with van der Waals surface area (Å²) in [5.74, 6) is 7.63. The van der Waals surface area contributed by atoms with Gasteiger partial charge in [0.25, 0.3) is 0 Å². The third-order valence-electron chi connectivity index (χ3n) is 3.73. The number of rotatable bonds is 3. The monoisotopic (exact) mass is 250 g/mol. The summed E-state index contributed by atoms with van der Waals surface area (Å²) in [7, 11) is 0. The van der Waals surface area contributed by atoms with Crippen LogP contribution in [-0.2, 0) is 0 Å². The van der Waals surface area contributed by atoms with Gasteiger partial charge in [0.2, 0.25) is 0 Å². The molecule has 0 saturated heterocycles. The molecule has 1 fully saturated rings. The second kappa shape index (κ2) is 7.00. The zero-order valence-corrected chi connectivity index (χ0v) is 11.9. The SMILES string of the molecule is CC#CC1CCCC1C=Cc1ccc(C=CC)cc1. The maximum atomic E-state index is 3.35. The zero-order valence-electron chi connectivity index (χ0n) is 11.9. The van der Waals surface area contributed by atoms with E-state index in [2.05, 4.69) is 60.4 Å². The second-order valence-corrected chi connectivity index (χ2v) is 5.12. The standard InChI is InChI=1S/C19H22/c1-3-6-16-10-12-17(13-11-16)14-15-19-9-5-8-18(19)7-4-2/h3,6,10-15,18-19H,5,8-9H2,1-2H3. The van der Waals surface area contributed by atoms with Crippen molar-refractivity contribution in [3.63, 3.8) is 0 Å². The summed E-state index contributed by atoms with van der Waals surface area (Å²) in [6, 6.07) is 8.69. The van der Waals surface area contributed by atoms with Gasteiger partial charge in [-0.3, -0.25) is 0 Å². The fourth-order valence-electron chi connectivity index (χ4n) is 2.73. The summed E-state index contributed by atoms with van der Waals surface area (Å²) in [5, 5.41) is 0. The Labute approximate surface area is 117 Å². The van der Waals surface area contributed by atoms with Gasteiger partial charge in [0.05, 0.1) is 0 Å². The van der Waals surface area contributed by atoms with Gasteiger partial charge in [-0.1, -0.05) is 60.9 Å². The van der Waals surface area contributed by atoms with Crippen molar-refractivity contribution < 1.29 is 0 Å². The van der Waals surface area contributed by atoms with E-state index < -0.39 is 0 Å². The Morgan fingerprint density at radius 2 is 1.74 bits per heavy atom. The molecule has 0 heterocycles. The average molecular weight is 250 g/mol. The Balaban J connectivity index is 2.03. The first-order chi connectivity index (χ1) is 9.33. The molecule has 0 spiro atoms. The molecule has 0 bridgehead atoms. The van der Waals surface area contributed by atoms with Crippen LogP contribution in [0.5, 0.6) is 0 Å². The van der Waals surface area contributed by atoms with E-state index in [0.717, 1.165) is 0 Å². The first kappa shape index (κ1) is 13.7. The molecule has 0 amide bonds. The van der Waals surface area contributed by atoms with Gasteiger partial charge in [-0.05, 0) is 43.7 Å². The molecule has 1 saturated carbocycles. The van der Waals surface area contributed by atoms with Gasteiger partial charge in [0, 0.05) is 5.92 Å². The van der Waals surface area contributed by atoms with Gasteiger partial charge in [0.15, 0.2) is 0 Å². The van der Waals surface area contributed by atoms with E-state index in [9.17, 15) is 0 Å². The van der Waals surface area contributed by atoms with E-state index in [1.807, 2.05) is 13.8 Å². The van der Waals surface area contributed by atoms with Gasteiger partial charge < -0.3 is 0 Å². The molecule has 0 aromatic heterocycles. The van der Waals surface area contributed by atoms with Crippen LogP contribution >= 0.6 is 0 Å². The molecule has 0 nitrogen and oxygen atoms in total. The van der Waals surface area contributed by atoms with Crippen molar-refractivity contribution in [1.82, 2.24) is 0 Å². The molecule has 2 rings (SSSR count). The predicted molar refractivity (Wildman–Crippen MR) is 84.5 cm³/mol. The summed E-state index contributed by atoms with van der Waals surface area (Å²) >= 11 is 0. The van der Waals surface area contributed by atoms with E-state index >= 15 is 0 Å². The van der Waals surface area contributed by atoms with E-state index in [4.69, 9.17) is 0 Å². The van der Waals surface area contributed by atoms with Gasteiger partial charge in [-0.15, -0.1) is 5.92 Å². The van der Waals surface area contributed by atoms with E-state index in [-0.39, 0.29) is 0 Å². The molecular weight excluding hydrogens is 228 g/mol. The Hall–Kier alpha value is -1.74. The number of allylic oxidation sites excluding steroid dienone is 2. The van der Waals surface area contributed by atoms with E-state index in [1.54, 1.807) is 0 Å². The molecule has 1 aromatic carbocycles. The summed E-state index contributed by atoms with van der Waals surface area (Å²) in [6.45, 7) is 3.99. The highest BCUT2D eigenvalue weighted by Crippen LogP contribution is 2.32. The number of benzene rings is 1. The first-order valence-electron chi connectivity index (χ1n) is 7.16. The minimum atomic E-state index is 0.573. The highest BCUT2D eigenvalue weighted by molar-refractivity contribution is 5.55. The van der Waals surface area contributed by atoms with Crippen LogP contribution in [0.25, 0.3) is 12.2 Å². The Morgan fingerprint density at radius 3 is 2.37 bits per heavy atom. The largest absolute Gasteiger partial charge is 0.106 e. The minimum Gasteiger partial charge on any atom is -0.106 e.